The Morgan fingerprint density at radius 3 is 2.50 bits per heavy atom. The number of hydrogen-bond donors (Lipinski definition) is 1. The predicted molar refractivity (Wildman–Crippen MR) is 95.8 cm³/mol. The summed E-state index contributed by atoms with van der Waals surface area (Å²) in [5.41, 5.74) is 0.971. The zero-order valence-corrected chi connectivity index (χ0v) is 14.9. The topological polar surface area (TPSA) is 62.1 Å². The van der Waals surface area contributed by atoms with Gasteiger partial charge in [0.1, 0.15) is 11.8 Å². The summed E-state index contributed by atoms with van der Waals surface area (Å²) < 4.78 is 5.28. The smallest absolute Gasteiger partial charge is 0.310 e. The highest BCUT2D eigenvalue weighted by atomic mass is 35.5. The van der Waals surface area contributed by atoms with E-state index < -0.39 is 12.0 Å². The van der Waals surface area contributed by atoms with Crippen molar-refractivity contribution >= 4 is 46.5 Å². The molecule has 1 unspecified atom stereocenters. The lowest BCUT2D eigenvalue weighted by atomic mass is 10.1. The van der Waals surface area contributed by atoms with Crippen molar-refractivity contribution in [3.63, 3.8) is 0 Å². The molecular weight excluding hydrogens is 371 g/mol. The number of hydrogen-bond acceptors (Lipinski definition) is 4. The Hall–Kier alpha value is -1.93. The molecule has 24 heavy (non-hydrogen) atoms. The fourth-order valence-corrected chi connectivity index (χ4v) is 2.62. The van der Waals surface area contributed by atoms with Crippen LogP contribution in [0.15, 0.2) is 36.4 Å². The standard InChI is InChI=1S/C17H13Cl3N2O2/c1-2-17(23)24-16-6-4-10(18)7-12(16)15(9-21)22-14-5-3-11(19)8-13(14)20/h3-8,15,22H,2H2,1H3. The SMILES string of the molecule is CCC(=O)Oc1ccc(Cl)cc1C(C#N)Nc1ccc(Cl)cc1Cl. The molecular formula is C17H13Cl3N2O2. The van der Waals surface area contributed by atoms with Gasteiger partial charge >= 0.3 is 5.97 Å². The first-order valence-electron chi connectivity index (χ1n) is 7.06. The van der Waals surface area contributed by atoms with Crippen LogP contribution >= 0.6 is 34.8 Å². The van der Waals surface area contributed by atoms with Crippen molar-refractivity contribution in [1.29, 1.82) is 5.26 Å². The summed E-state index contributed by atoms with van der Waals surface area (Å²) in [4.78, 5) is 11.6. The largest absolute Gasteiger partial charge is 0.426 e. The van der Waals surface area contributed by atoms with E-state index in [0.29, 0.717) is 26.3 Å². The number of nitrogens with one attached hydrogen (secondary N) is 1. The average molecular weight is 384 g/mol. The van der Waals surface area contributed by atoms with Crippen molar-refractivity contribution in [1.82, 2.24) is 0 Å². The quantitative estimate of drug-likeness (QED) is 0.536. The Morgan fingerprint density at radius 1 is 1.21 bits per heavy atom. The molecule has 0 aliphatic rings. The molecule has 2 aromatic carbocycles. The Kier molecular flexibility index (Phi) is 6.33. The highest BCUT2D eigenvalue weighted by Gasteiger charge is 2.19. The molecule has 0 aliphatic carbocycles. The van der Waals surface area contributed by atoms with Crippen molar-refractivity contribution in [2.75, 3.05) is 5.32 Å². The van der Waals surface area contributed by atoms with Crippen molar-refractivity contribution in [3.8, 4) is 11.8 Å². The number of anilines is 1. The molecule has 0 radical (unpaired) electrons. The van der Waals surface area contributed by atoms with Gasteiger partial charge in [0.25, 0.3) is 0 Å². The number of nitriles is 1. The molecule has 2 aromatic rings. The van der Waals surface area contributed by atoms with Crippen LogP contribution in [0.1, 0.15) is 24.9 Å². The summed E-state index contributed by atoms with van der Waals surface area (Å²) in [6.07, 6.45) is 0.218. The fraction of sp³-hybridized carbons (Fsp3) is 0.176. The van der Waals surface area contributed by atoms with Crippen molar-refractivity contribution in [3.05, 3.63) is 57.0 Å². The average Bonchev–Trinajstić information content (AvgIpc) is 2.56. The van der Waals surface area contributed by atoms with Gasteiger partial charge in [-0.25, -0.2) is 0 Å². The molecule has 0 spiro atoms. The van der Waals surface area contributed by atoms with Crippen LogP contribution in [0.3, 0.4) is 0 Å². The van der Waals surface area contributed by atoms with Crippen LogP contribution in [0, 0.1) is 11.3 Å². The zero-order valence-electron chi connectivity index (χ0n) is 12.6. The number of carbonyl (C=O) groups is 1. The van der Waals surface area contributed by atoms with E-state index in [4.69, 9.17) is 39.5 Å². The van der Waals surface area contributed by atoms with Gasteiger partial charge in [-0.3, -0.25) is 4.79 Å². The summed E-state index contributed by atoms with van der Waals surface area (Å²) in [6.45, 7) is 1.69. The second kappa shape index (κ2) is 8.25. The van der Waals surface area contributed by atoms with Crippen LogP contribution in [-0.2, 0) is 4.79 Å². The molecule has 0 amide bonds. The molecule has 124 valence electrons. The van der Waals surface area contributed by atoms with Crippen LogP contribution in [0.5, 0.6) is 5.75 Å². The molecule has 0 saturated heterocycles. The molecule has 0 saturated carbocycles. The first-order valence-corrected chi connectivity index (χ1v) is 8.19. The molecule has 0 fully saturated rings. The number of benzene rings is 2. The zero-order chi connectivity index (χ0) is 17.7. The first kappa shape index (κ1) is 18.4. The van der Waals surface area contributed by atoms with Crippen molar-refractivity contribution < 1.29 is 9.53 Å². The Labute approximate surface area is 154 Å². The number of rotatable bonds is 5. The minimum atomic E-state index is -0.818. The highest BCUT2D eigenvalue weighted by Crippen LogP contribution is 2.33. The third-order valence-electron chi connectivity index (χ3n) is 3.16. The fourth-order valence-electron chi connectivity index (χ4n) is 1.97. The molecule has 1 N–H and O–H groups in total. The van der Waals surface area contributed by atoms with E-state index in [9.17, 15) is 10.1 Å². The molecule has 0 aromatic heterocycles. The number of esters is 1. The Balaban J connectivity index is 2.37. The monoisotopic (exact) mass is 382 g/mol. The van der Waals surface area contributed by atoms with E-state index in [1.807, 2.05) is 0 Å². The molecule has 0 aliphatic heterocycles. The number of halogens is 3. The summed E-state index contributed by atoms with van der Waals surface area (Å²) >= 11 is 18.0. The normalized spacial score (nSPS) is 11.5. The van der Waals surface area contributed by atoms with Crippen LogP contribution in [0.4, 0.5) is 5.69 Å². The van der Waals surface area contributed by atoms with Crippen LogP contribution < -0.4 is 10.1 Å². The predicted octanol–water partition coefficient (Wildman–Crippen LogP) is 5.64. The van der Waals surface area contributed by atoms with Crippen molar-refractivity contribution in [2.45, 2.75) is 19.4 Å². The summed E-state index contributed by atoms with van der Waals surface area (Å²) in [5.74, 6) is -0.129. The lowest BCUT2D eigenvalue weighted by molar-refractivity contribution is -0.134. The van der Waals surface area contributed by atoms with Gasteiger partial charge in [0.05, 0.1) is 16.8 Å². The molecule has 0 bridgehead atoms. The van der Waals surface area contributed by atoms with E-state index >= 15 is 0 Å². The molecule has 4 nitrogen and oxygen atoms in total. The van der Waals surface area contributed by atoms with E-state index in [1.165, 1.54) is 0 Å². The van der Waals surface area contributed by atoms with Gasteiger partial charge in [-0.15, -0.1) is 0 Å². The third-order valence-corrected chi connectivity index (χ3v) is 3.94. The maximum atomic E-state index is 11.6. The van der Waals surface area contributed by atoms with Crippen LogP contribution in [0.2, 0.25) is 15.1 Å². The molecule has 2 rings (SSSR count). The summed E-state index contributed by atoms with van der Waals surface area (Å²) in [5, 5.41) is 13.8. The molecule has 7 heteroatoms. The Morgan fingerprint density at radius 2 is 1.88 bits per heavy atom. The number of carbonyl (C=O) groups excluding carboxylic acids is 1. The number of nitrogens with zero attached hydrogens (tertiary/aromatic N) is 1. The van der Waals surface area contributed by atoms with E-state index in [1.54, 1.807) is 43.3 Å². The van der Waals surface area contributed by atoms with E-state index in [2.05, 4.69) is 11.4 Å². The van der Waals surface area contributed by atoms with Gasteiger partial charge in [0.2, 0.25) is 0 Å². The van der Waals surface area contributed by atoms with Crippen LogP contribution in [0.25, 0.3) is 0 Å². The van der Waals surface area contributed by atoms with Gasteiger partial charge in [0.15, 0.2) is 0 Å². The molecule has 0 heterocycles. The lowest BCUT2D eigenvalue weighted by Gasteiger charge is -2.18. The third kappa shape index (κ3) is 4.55. The van der Waals surface area contributed by atoms with Gasteiger partial charge < -0.3 is 10.1 Å². The summed E-state index contributed by atoms with van der Waals surface area (Å²) in [6, 6.07) is 10.9. The highest BCUT2D eigenvalue weighted by molar-refractivity contribution is 6.36. The van der Waals surface area contributed by atoms with Crippen LogP contribution in [-0.4, -0.2) is 5.97 Å². The lowest BCUT2D eigenvalue weighted by Crippen LogP contribution is -2.13. The van der Waals surface area contributed by atoms with E-state index in [0.717, 1.165) is 0 Å². The first-order chi connectivity index (χ1) is 11.4. The van der Waals surface area contributed by atoms with E-state index in [-0.39, 0.29) is 12.2 Å². The second-order valence-electron chi connectivity index (χ2n) is 4.84. The van der Waals surface area contributed by atoms with Gasteiger partial charge in [-0.05, 0) is 36.4 Å². The maximum absolute atomic E-state index is 11.6. The minimum absolute atomic E-state index is 0.218. The van der Waals surface area contributed by atoms with Gasteiger partial charge in [-0.1, -0.05) is 41.7 Å². The van der Waals surface area contributed by atoms with Crippen molar-refractivity contribution in [2.24, 2.45) is 0 Å². The number of ether oxygens (including phenoxy) is 1. The Bertz CT molecular complexity index is 803. The second-order valence-corrected chi connectivity index (χ2v) is 6.12. The van der Waals surface area contributed by atoms with Gasteiger partial charge in [-0.2, -0.15) is 5.26 Å². The molecule has 1 atom stereocenters. The maximum Gasteiger partial charge on any atom is 0.310 e. The minimum Gasteiger partial charge on any atom is -0.426 e. The summed E-state index contributed by atoms with van der Waals surface area (Å²) in [7, 11) is 0. The van der Waals surface area contributed by atoms with Gasteiger partial charge in [0, 0.05) is 22.0 Å².